The lowest BCUT2D eigenvalue weighted by molar-refractivity contribution is -0.120. The first-order chi connectivity index (χ1) is 11.8. The maximum absolute atomic E-state index is 12.7. The number of ketones is 1. The second-order valence-electron chi connectivity index (χ2n) is 5.00. The summed E-state index contributed by atoms with van der Waals surface area (Å²) in [6, 6.07) is 15.6. The molecule has 0 saturated carbocycles. The summed E-state index contributed by atoms with van der Waals surface area (Å²) in [7, 11) is 0. The minimum atomic E-state index is -2.23. The van der Waals surface area contributed by atoms with Gasteiger partial charge < -0.3 is 10.8 Å². The van der Waals surface area contributed by atoms with Gasteiger partial charge in [-0.15, -0.1) is 0 Å². The largest absolute Gasteiger partial charge is 0.365 e. The quantitative estimate of drug-likeness (QED) is 0.274. The number of hydrogen-bond acceptors (Lipinski definition) is 2. The van der Waals surface area contributed by atoms with Crippen LogP contribution in [0.3, 0.4) is 0 Å². The Balaban J connectivity index is 2.45. The third kappa shape index (κ3) is 4.91. The van der Waals surface area contributed by atoms with Gasteiger partial charge in [0, 0.05) is 5.56 Å². The molecule has 1 amide bonds. The molecule has 0 spiro atoms. The highest BCUT2D eigenvalue weighted by Gasteiger charge is 2.39. The molecule has 25 heavy (non-hydrogen) atoms. The van der Waals surface area contributed by atoms with Crippen LogP contribution in [0.5, 0.6) is 0 Å². The van der Waals surface area contributed by atoms with Crippen molar-refractivity contribution in [1.82, 2.24) is 5.32 Å². The Morgan fingerprint density at radius 2 is 1.48 bits per heavy atom. The van der Waals surface area contributed by atoms with Gasteiger partial charge in [0.2, 0.25) is 0 Å². The van der Waals surface area contributed by atoms with E-state index in [0.29, 0.717) is 11.1 Å². The van der Waals surface area contributed by atoms with E-state index in [1.54, 1.807) is 60.7 Å². The Bertz CT molecular complexity index is 814. The second kappa shape index (κ2) is 8.28. The standard InChI is InChI=1S/C17H12Cl3N3O2/c18-17(19,20)16(25)22-13(11-7-3-1-4-8-11)14(23-21)15(24)12-9-5-2-6-10-12/h1-10,13H,(H,22,25). The van der Waals surface area contributed by atoms with E-state index in [1.807, 2.05) is 0 Å². The molecule has 0 aliphatic rings. The summed E-state index contributed by atoms with van der Waals surface area (Å²) in [4.78, 5) is 27.9. The summed E-state index contributed by atoms with van der Waals surface area (Å²) < 4.78 is -2.23. The molecular formula is C17H12Cl3N3O2. The fourth-order valence-corrected chi connectivity index (χ4v) is 2.30. The molecule has 5 nitrogen and oxygen atoms in total. The molecule has 0 aromatic heterocycles. The zero-order valence-corrected chi connectivity index (χ0v) is 15.0. The van der Waals surface area contributed by atoms with E-state index in [4.69, 9.17) is 34.8 Å². The minimum absolute atomic E-state index is 0.291. The van der Waals surface area contributed by atoms with E-state index < -0.39 is 21.5 Å². The van der Waals surface area contributed by atoms with Gasteiger partial charge in [0.05, 0.1) is 0 Å². The monoisotopic (exact) mass is 395 g/mol. The van der Waals surface area contributed by atoms with Crippen LogP contribution in [0.25, 0.3) is 5.53 Å². The minimum Gasteiger partial charge on any atom is -0.361 e. The van der Waals surface area contributed by atoms with Crippen molar-refractivity contribution in [2.24, 2.45) is 0 Å². The molecule has 1 atom stereocenters. The van der Waals surface area contributed by atoms with E-state index in [1.165, 1.54) is 0 Å². The zero-order valence-electron chi connectivity index (χ0n) is 12.7. The van der Waals surface area contributed by atoms with Crippen LogP contribution in [0.15, 0.2) is 60.7 Å². The summed E-state index contributed by atoms with van der Waals surface area (Å²) in [6.07, 6.45) is 0. The van der Waals surface area contributed by atoms with Gasteiger partial charge in [0.1, 0.15) is 0 Å². The molecule has 8 heteroatoms. The summed E-state index contributed by atoms with van der Waals surface area (Å²) in [5, 5.41) is 2.43. The van der Waals surface area contributed by atoms with Gasteiger partial charge in [-0.25, -0.2) is 0 Å². The van der Waals surface area contributed by atoms with E-state index in [9.17, 15) is 15.1 Å². The van der Waals surface area contributed by atoms with Crippen LogP contribution in [0.2, 0.25) is 0 Å². The average molecular weight is 397 g/mol. The van der Waals surface area contributed by atoms with Crippen molar-refractivity contribution in [1.29, 1.82) is 0 Å². The molecule has 0 radical (unpaired) electrons. The van der Waals surface area contributed by atoms with Crippen LogP contribution in [-0.4, -0.2) is 26.0 Å². The number of carbonyl (C=O) groups is 2. The van der Waals surface area contributed by atoms with Gasteiger partial charge in [-0.1, -0.05) is 95.5 Å². The van der Waals surface area contributed by atoms with E-state index in [0.717, 1.165) is 0 Å². The van der Waals surface area contributed by atoms with E-state index in [2.05, 4.69) is 10.1 Å². The number of hydrogen-bond donors (Lipinski definition) is 1. The number of Topliss-reactive ketones (excluding diaryl/α,β-unsaturated/α-hetero) is 1. The fourth-order valence-electron chi connectivity index (χ4n) is 2.14. The first-order valence-electron chi connectivity index (χ1n) is 7.09. The van der Waals surface area contributed by atoms with Crippen molar-refractivity contribution in [2.45, 2.75) is 9.83 Å². The number of carbonyl (C=O) groups excluding carboxylic acids is 2. The predicted octanol–water partition coefficient (Wildman–Crippen LogP) is 3.77. The van der Waals surface area contributed by atoms with Gasteiger partial charge in [0.15, 0.2) is 6.04 Å². The summed E-state index contributed by atoms with van der Waals surface area (Å²) >= 11 is 16.8. The number of nitrogens with one attached hydrogen (secondary N) is 1. The van der Waals surface area contributed by atoms with Gasteiger partial charge in [0.25, 0.3) is 15.5 Å². The molecule has 0 aliphatic carbocycles. The number of rotatable bonds is 5. The molecule has 0 aliphatic heterocycles. The Hall–Kier alpha value is -2.17. The van der Waals surface area contributed by atoms with Crippen LogP contribution in [-0.2, 0) is 4.79 Å². The number of benzene rings is 2. The lowest BCUT2D eigenvalue weighted by Gasteiger charge is -2.18. The molecule has 2 aromatic rings. The highest BCUT2D eigenvalue weighted by atomic mass is 35.6. The van der Waals surface area contributed by atoms with Gasteiger partial charge in [-0.3, -0.25) is 9.59 Å². The molecule has 2 aromatic carbocycles. The van der Waals surface area contributed by atoms with Crippen molar-refractivity contribution in [3.05, 3.63) is 77.3 Å². The average Bonchev–Trinajstić information content (AvgIpc) is 2.61. The van der Waals surface area contributed by atoms with Crippen LogP contribution in [0.1, 0.15) is 22.0 Å². The van der Waals surface area contributed by atoms with Crippen LogP contribution in [0, 0.1) is 0 Å². The highest BCUT2D eigenvalue weighted by Crippen LogP contribution is 2.28. The van der Waals surface area contributed by atoms with Crippen molar-refractivity contribution in [3.63, 3.8) is 0 Å². The van der Waals surface area contributed by atoms with Crippen molar-refractivity contribution < 1.29 is 14.4 Å². The first kappa shape index (κ1) is 19.2. The maximum atomic E-state index is 12.7. The van der Waals surface area contributed by atoms with Crippen molar-refractivity contribution in [2.75, 3.05) is 0 Å². The normalized spacial score (nSPS) is 12.0. The molecule has 0 bridgehead atoms. The number of nitrogens with zero attached hydrogens (tertiary/aromatic N) is 2. The summed E-state index contributed by atoms with van der Waals surface area (Å²) in [5.74, 6) is -1.52. The third-order valence-electron chi connectivity index (χ3n) is 3.32. The molecule has 1 N–H and O–H groups in total. The Morgan fingerprint density at radius 1 is 0.960 bits per heavy atom. The Labute approximate surface area is 159 Å². The van der Waals surface area contributed by atoms with Gasteiger partial charge in [-0.2, -0.15) is 4.79 Å². The van der Waals surface area contributed by atoms with E-state index >= 15 is 0 Å². The summed E-state index contributed by atoms with van der Waals surface area (Å²) in [5.41, 5.74) is 9.90. The first-order valence-corrected chi connectivity index (χ1v) is 8.22. The van der Waals surface area contributed by atoms with Crippen molar-refractivity contribution in [3.8, 4) is 0 Å². The van der Waals surface area contributed by atoms with Crippen LogP contribution in [0.4, 0.5) is 0 Å². The molecule has 1 unspecified atom stereocenters. The smallest absolute Gasteiger partial charge is 0.361 e. The number of halogens is 3. The third-order valence-corrected chi connectivity index (χ3v) is 3.83. The highest BCUT2D eigenvalue weighted by molar-refractivity contribution is 6.76. The topological polar surface area (TPSA) is 82.6 Å². The van der Waals surface area contributed by atoms with Crippen LogP contribution < -0.4 is 5.32 Å². The SMILES string of the molecule is [N-]=[N+]=C(C(=O)c1ccccc1)C(NC(=O)C(Cl)(Cl)Cl)c1ccccc1. The lowest BCUT2D eigenvalue weighted by atomic mass is 9.95. The Morgan fingerprint density at radius 3 is 1.96 bits per heavy atom. The maximum Gasteiger partial charge on any atom is 0.365 e. The number of amides is 1. The lowest BCUT2D eigenvalue weighted by Crippen LogP contribution is -2.42. The molecule has 2 rings (SSSR count). The van der Waals surface area contributed by atoms with Gasteiger partial charge in [-0.05, 0) is 5.56 Å². The second-order valence-corrected chi connectivity index (χ2v) is 7.28. The molecule has 0 saturated heterocycles. The van der Waals surface area contributed by atoms with Crippen LogP contribution >= 0.6 is 34.8 Å². The van der Waals surface area contributed by atoms with Crippen molar-refractivity contribution >= 4 is 52.2 Å². The molecule has 0 fully saturated rings. The molecular weight excluding hydrogens is 385 g/mol. The van der Waals surface area contributed by atoms with E-state index in [-0.39, 0.29) is 5.71 Å². The fraction of sp³-hybridized carbons (Fsp3) is 0.118. The number of alkyl halides is 3. The Kier molecular flexibility index (Phi) is 6.34. The molecule has 0 heterocycles. The summed E-state index contributed by atoms with van der Waals surface area (Å²) in [6.45, 7) is 0. The zero-order chi connectivity index (χ0) is 18.4. The van der Waals surface area contributed by atoms with Gasteiger partial charge >= 0.3 is 5.71 Å². The predicted molar refractivity (Wildman–Crippen MR) is 97.0 cm³/mol. The molecule has 128 valence electrons.